The Bertz CT molecular complexity index is 198. The Hall–Kier alpha value is -0.860. The smallest absolute Gasteiger partial charge is 0.317 e. The first-order valence-electron chi connectivity index (χ1n) is 3.75. The molecule has 62 valence electrons. The highest BCUT2D eigenvalue weighted by atomic mass is 16.6. The van der Waals surface area contributed by atoms with Crippen LogP contribution < -0.4 is 0 Å². The number of carbonyl (C=O) groups is 2. The SMILES string of the molecule is CC(=O)C1C(=O)OC(C)C1C. The molecule has 0 saturated carbocycles. The van der Waals surface area contributed by atoms with Gasteiger partial charge in [0.05, 0.1) is 0 Å². The van der Waals surface area contributed by atoms with Gasteiger partial charge in [-0.2, -0.15) is 0 Å². The lowest BCUT2D eigenvalue weighted by molar-refractivity contribution is -0.146. The van der Waals surface area contributed by atoms with Crippen LogP contribution in [0.2, 0.25) is 0 Å². The second-order valence-corrected chi connectivity index (χ2v) is 3.09. The number of ether oxygens (including phenoxy) is 1. The molecular weight excluding hydrogens is 144 g/mol. The molecule has 0 spiro atoms. The standard InChI is InChI=1S/C8H12O3/c1-4-6(3)11-8(10)7(4)5(2)9/h4,6-7H,1-3H3. The summed E-state index contributed by atoms with van der Waals surface area (Å²) >= 11 is 0. The van der Waals surface area contributed by atoms with Crippen LogP contribution in [0, 0.1) is 11.8 Å². The molecule has 0 aromatic rings. The Balaban J connectivity index is 2.79. The molecule has 3 atom stereocenters. The summed E-state index contributed by atoms with van der Waals surface area (Å²) in [6, 6.07) is 0. The van der Waals surface area contributed by atoms with Gasteiger partial charge in [-0.25, -0.2) is 0 Å². The number of Topliss-reactive ketones (excluding diaryl/α,β-unsaturated/α-hetero) is 1. The third-order valence-corrected chi connectivity index (χ3v) is 2.26. The van der Waals surface area contributed by atoms with Crippen molar-refractivity contribution in [3.05, 3.63) is 0 Å². The van der Waals surface area contributed by atoms with Gasteiger partial charge in [0.2, 0.25) is 0 Å². The molecule has 1 aliphatic heterocycles. The minimum absolute atomic E-state index is 0.0278. The number of esters is 1. The molecule has 3 nitrogen and oxygen atoms in total. The van der Waals surface area contributed by atoms with Crippen LogP contribution >= 0.6 is 0 Å². The summed E-state index contributed by atoms with van der Waals surface area (Å²) < 4.78 is 4.89. The van der Waals surface area contributed by atoms with Crippen molar-refractivity contribution in [2.24, 2.45) is 11.8 Å². The zero-order valence-corrected chi connectivity index (χ0v) is 6.96. The van der Waals surface area contributed by atoms with Crippen molar-refractivity contribution in [2.45, 2.75) is 26.9 Å². The van der Waals surface area contributed by atoms with Gasteiger partial charge in [0, 0.05) is 5.92 Å². The van der Waals surface area contributed by atoms with E-state index in [-0.39, 0.29) is 23.8 Å². The van der Waals surface area contributed by atoms with E-state index in [1.807, 2.05) is 13.8 Å². The molecule has 1 rings (SSSR count). The van der Waals surface area contributed by atoms with Crippen molar-refractivity contribution < 1.29 is 14.3 Å². The number of carbonyl (C=O) groups excluding carboxylic acids is 2. The summed E-state index contributed by atoms with van der Waals surface area (Å²) in [5.74, 6) is -0.950. The van der Waals surface area contributed by atoms with E-state index < -0.39 is 5.92 Å². The summed E-state index contributed by atoms with van der Waals surface area (Å²) in [6.45, 7) is 5.10. The van der Waals surface area contributed by atoms with Gasteiger partial charge in [-0.15, -0.1) is 0 Å². The maximum atomic E-state index is 11.0. The monoisotopic (exact) mass is 156 g/mol. The van der Waals surface area contributed by atoms with Crippen molar-refractivity contribution in [2.75, 3.05) is 0 Å². The lowest BCUT2D eigenvalue weighted by Crippen LogP contribution is -2.22. The van der Waals surface area contributed by atoms with E-state index in [2.05, 4.69) is 0 Å². The van der Waals surface area contributed by atoms with Gasteiger partial charge in [-0.05, 0) is 13.8 Å². The van der Waals surface area contributed by atoms with Crippen LogP contribution in [0.4, 0.5) is 0 Å². The zero-order chi connectivity index (χ0) is 8.59. The quantitative estimate of drug-likeness (QED) is 0.416. The molecule has 0 aromatic heterocycles. The first kappa shape index (κ1) is 8.24. The number of rotatable bonds is 1. The van der Waals surface area contributed by atoms with E-state index in [0.29, 0.717) is 0 Å². The maximum Gasteiger partial charge on any atom is 0.317 e. The zero-order valence-electron chi connectivity index (χ0n) is 6.96. The molecule has 3 heteroatoms. The predicted molar refractivity (Wildman–Crippen MR) is 38.9 cm³/mol. The summed E-state index contributed by atoms with van der Waals surface area (Å²) in [7, 11) is 0. The molecular formula is C8H12O3. The van der Waals surface area contributed by atoms with Crippen molar-refractivity contribution in [3.8, 4) is 0 Å². The van der Waals surface area contributed by atoms with E-state index in [1.54, 1.807) is 0 Å². The van der Waals surface area contributed by atoms with Crippen LogP contribution in [0.15, 0.2) is 0 Å². The van der Waals surface area contributed by atoms with Gasteiger partial charge in [-0.3, -0.25) is 9.59 Å². The molecule has 1 aliphatic rings. The van der Waals surface area contributed by atoms with E-state index in [9.17, 15) is 9.59 Å². The van der Waals surface area contributed by atoms with Crippen molar-refractivity contribution in [3.63, 3.8) is 0 Å². The van der Waals surface area contributed by atoms with Crippen LogP contribution in [-0.2, 0) is 14.3 Å². The van der Waals surface area contributed by atoms with E-state index in [4.69, 9.17) is 4.74 Å². The Labute approximate surface area is 65.7 Å². The molecule has 3 unspecified atom stereocenters. The van der Waals surface area contributed by atoms with Gasteiger partial charge in [-0.1, -0.05) is 6.92 Å². The third kappa shape index (κ3) is 1.27. The minimum Gasteiger partial charge on any atom is -0.462 e. The van der Waals surface area contributed by atoms with Gasteiger partial charge < -0.3 is 4.74 Å². The van der Waals surface area contributed by atoms with Gasteiger partial charge in [0.1, 0.15) is 17.8 Å². The highest BCUT2D eigenvalue weighted by Gasteiger charge is 2.41. The second kappa shape index (κ2) is 2.64. The molecule has 0 amide bonds. The van der Waals surface area contributed by atoms with Crippen LogP contribution in [0.5, 0.6) is 0 Å². The molecule has 0 aliphatic carbocycles. The first-order chi connectivity index (χ1) is 5.04. The topological polar surface area (TPSA) is 43.4 Å². The second-order valence-electron chi connectivity index (χ2n) is 3.09. The highest BCUT2D eigenvalue weighted by Crippen LogP contribution is 2.27. The number of hydrogen-bond donors (Lipinski definition) is 0. The minimum atomic E-state index is -0.523. The fraction of sp³-hybridized carbons (Fsp3) is 0.750. The van der Waals surface area contributed by atoms with Crippen molar-refractivity contribution >= 4 is 11.8 Å². The summed E-state index contributed by atoms with van der Waals surface area (Å²) in [5.41, 5.74) is 0. The molecule has 0 radical (unpaired) electrons. The molecule has 0 bridgehead atoms. The normalized spacial score (nSPS) is 37.0. The molecule has 0 N–H and O–H groups in total. The molecule has 1 fully saturated rings. The molecule has 1 saturated heterocycles. The first-order valence-corrected chi connectivity index (χ1v) is 3.75. The van der Waals surface area contributed by atoms with Crippen LogP contribution in [-0.4, -0.2) is 17.9 Å². The largest absolute Gasteiger partial charge is 0.462 e. The van der Waals surface area contributed by atoms with Crippen LogP contribution in [0.1, 0.15) is 20.8 Å². The van der Waals surface area contributed by atoms with Gasteiger partial charge in [0.15, 0.2) is 0 Å². The van der Waals surface area contributed by atoms with Crippen LogP contribution in [0.25, 0.3) is 0 Å². The number of ketones is 1. The predicted octanol–water partition coefficient (Wildman–Crippen LogP) is 0.773. The number of cyclic esters (lactones) is 1. The van der Waals surface area contributed by atoms with Crippen molar-refractivity contribution in [1.29, 1.82) is 0 Å². The Morgan fingerprint density at radius 2 is 2.00 bits per heavy atom. The van der Waals surface area contributed by atoms with E-state index in [1.165, 1.54) is 6.92 Å². The van der Waals surface area contributed by atoms with E-state index in [0.717, 1.165) is 0 Å². The lowest BCUT2D eigenvalue weighted by atomic mass is 9.90. The van der Waals surface area contributed by atoms with E-state index >= 15 is 0 Å². The van der Waals surface area contributed by atoms with Gasteiger partial charge >= 0.3 is 5.97 Å². The van der Waals surface area contributed by atoms with Gasteiger partial charge in [0.25, 0.3) is 0 Å². The molecule has 1 heterocycles. The van der Waals surface area contributed by atoms with Crippen LogP contribution in [0.3, 0.4) is 0 Å². The number of hydrogen-bond acceptors (Lipinski definition) is 3. The summed E-state index contributed by atoms with van der Waals surface area (Å²) in [5, 5.41) is 0. The average molecular weight is 156 g/mol. The Morgan fingerprint density at radius 3 is 2.18 bits per heavy atom. The average Bonchev–Trinajstić information content (AvgIpc) is 2.07. The fourth-order valence-corrected chi connectivity index (χ4v) is 1.39. The Morgan fingerprint density at radius 1 is 1.45 bits per heavy atom. The maximum absolute atomic E-state index is 11.0. The lowest BCUT2D eigenvalue weighted by Gasteiger charge is -2.08. The third-order valence-electron chi connectivity index (χ3n) is 2.26. The summed E-state index contributed by atoms with van der Waals surface area (Å²) in [6.07, 6.45) is -0.114. The van der Waals surface area contributed by atoms with Crippen molar-refractivity contribution in [1.82, 2.24) is 0 Å². The molecule has 0 aromatic carbocycles. The fourth-order valence-electron chi connectivity index (χ4n) is 1.39. The highest BCUT2D eigenvalue weighted by molar-refractivity contribution is 5.99. The summed E-state index contributed by atoms with van der Waals surface area (Å²) in [4.78, 5) is 21.9. The Kier molecular flexibility index (Phi) is 1.98. The molecule has 11 heavy (non-hydrogen) atoms.